The maximum atomic E-state index is 13.3. The number of sulfone groups is 2. The monoisotopic (exact) mass is 544 g/mol. The third-order valence-corrected chi connectivity index (χ3v) is 10.3. The number of rotatable bonds is 5. The van der Waals surface area contributed by atoms with E-state index in [0.29, 0.717) is 26.7 Å². The summed E-state index contributed by atoms with van der Waals surface area (Å²) in [5.41, 5.74) is 3.29. The molecule has 0 spiro atoms. The Bertz CT molecular complexity index is 1660. The molecule has 0 aliphatic heterocycles. The fourth-order valence-corrected chi connectivity index (χ4v) is 7.66. The molecule has 0 aromatic heterocycles. The summed E-state index contributed by atoms with van der Waals surface area (Å²) in [5, 5.41) is 0.953. The Morgan fingerprint density at radius 2 is 0.886 bits per heavy atom. The number of halogens is 2. The van der Waals surface area contributed by atoms with Crippen LogP contribution in [0.15, 0.2) is 98.4 Å². The molecule has 0 saturated heterocycles. The molecule has 0 N–H and O–H groups in total. The highest BCUT2D eigenvalue weighted by Gasteiger charge is 2.23. The van der Waals surface area contributed by atoms with Crippen molar-refractivity contribution in [1.82, 2.24) is 0 Å². The first-order chi connectivity index (χ1) is 16.4. The van der Waals surface area contributed by atoms with Gasteiger partial charge in [-0.1, -0.05) is 47.5 Å². The minimum atomic E-state index is -3.73. The van der Waals surface area contributed by atoms with Gasteiger partial charge in [-0.05, 0) is 103 Å². The van der Waals surface area contributed by atoms with E-state index < -0.39 is 19.7 Å². The number of benzene rings is 4. The van der Waals surface area contributed by atoms with Crippen LogP contribution in [0.2, 0.25) is 10.0 Å². The normalized spacial score (nSPS) is 12.0. The van der Waals surface area contributed by atoms with Crippen LogP contribution in [-0.4, -0.2) is 16.8 Å². The highest BCUT2D eigenvalue weighted by molar-refractivity contribution is 7.92. The molecule has 4 aromatic rings. The van der Waals surface area contributed by atoms with Gasteiger partial charge in [0.05, 0.1) is 19.6 Å². The van der Waals surface area contributed by atoms with E-state index in [4.69, 9.17) is 23.2 Å². The first-order valence-electron chi connectivity index (χ1n) is 10.6. The second kappa shape index (κ2) is 9.43. The van der Waals surface area contributed by atoms with Gasteiger partial charge in [-0.3, -0.25) is 0 Å². The van der Waals surface area contributed by atoms with Crippen molar-refractivity contribution in [1.29, 1.82) is 0 Å². The van der Waals surface area contributed by atoms with E-state index >= 15 is 0 Å². The van der Waals surface area contributed by atoms with E-state index in [1.807, 2.05) is 0 Å². The SMILES string of the molecule is Cc1cc(Cl)ccc1S(=O)(=O)c1ccc(-c2ccc(S(=O)(=O)c3ccc(Cl)cc3C)c(C)c2)cc1. The summed E-state index contributed by atoms with van der Waals surface area (Å²) >= 11 is 11.9. The minimum Gasteiger partial charge on any atom is -0.219 e. The topological polar surface area (TPSA) is 68.3 Å². The van der Waals surface area contributed by atoms with Crippen molar-refractivity contribution in [2.24, 2.45) is 0 Å². The second-order valence-electron chi connectivity index (χ2n) is 8.33. The molecule has 35 heavy (non-hydrogen) atoms. The van der Waals surface area contributed by atoms with Crippen LogP contribution in [0, 0.1) is 20.8 Å². The van der Waals surface area contributed by atoms with E-state index in [-0.39, 0.29) is 19.6 Å². The van der Waals surface area contributed by atoms with Gasteiger partial charge in [-0.15, -0.1) is 0 Å². The molecule has 0 aliphatic rings. The molecule has 0 unspecified atom stereocenters. The van der Waals surface area contributed by atoms with Crippen LogP contribution in [0.5, 0.6) is 0 Å². The van der Waals surface area contributed by atoms with Crippen molar-refractivity contribution < 1.29 is 16.8 Å². The minimum absolute atomic E-state index is 0.167. The fourth-order valence-electron chi connectivity index (χ4n) is 4.03. The zero-order chi connectivity index (χ0) is 25.5. The summed E-state index contributed by atoms with van der Waals surface area (Å²) in [6.45, 7) is 5.16. The van der Waals surface area contributed by atoms with Crippen LogP contribution in [0.1, 0.15) is 16.7 Å². The molecule has 0 amide bonds. The smallest absolute Gasteiger partial charge is 0.207 e. The van der Waals surface area contributed by atoms with Crippen LogP contribution in [0.3, 0.4) is 0 Å². The lowest BCUT2D eigenvalue weighted by molar-refractivity contribution is 0.593. The van der Waals surface area contributed by atoms with E-state index in [9.17, 15) is 16.8 Å². The summed E-state index contributed by atoms with van der Waals surface area (Å²) in [6.07, 6.45) is 0. The van der Waals surface area contributed by atoms with E-state index in [2.05, 4.69) is 0 Å². The van der Waals surface area contributed by atoms with Gasteiger partial charge < -0.3 is 0 Å². The molecule has 4 aromatic carbocycles. The molecule has 180 valence electrons. The van der Waals surface area contributed by atoms with Crippen molar-refractivity contribution in [2.45, 2.75) is 40.4 Å². The van der Waals surface area contributed by atoms with Crippen LogP contribution >= 0.6 is 23.2 Å². The van der Waals surface area contributed by atoms with Gasteiger partial charge in [-0.2, -0.15) is 0 Å². The van der Waals surface area contributed by atoms with Gasteiger partial charge in [0, 0.05) is 10.0 Å². The standard InChI is InChI=1S/C27H22Cl2O4S2/c1-17-14-21(6-11-26(17)35(32,33)27-13-8-23(29)16-19(27)3)20-4-9-24(10-5-20)34(30,31)25-12-7-22(28)15-18(25)2/h4-16H,1-3H3. The largest absolute Gasteiger partial charge is 0.219 e. The van der Waals surface area contributed by atoms with Gasteiger partial charge >= 0.3 is 0 Å². The number of aryl methyl sites for hydroxylation is 3. The predicted octanol–water partition coefficient (Wildman–Crippen LogP) is 7.25. The van der Waals surface area contributed by atoms with Crippen molar-refractivity contribution in [3.63, 3.8) is 0 Å². The second-order valence-corrected chi connectivity index (χ2v) is 13.0. The molecular formula is C27H22Cl2O4S2. The third kappa shape index (κ3) is 4.89. The predicted molar refractivity (Wildman–Crippen MR) is 140 cm³/mol. The summed E-state index contributed by atoms with van der Waals surface area (Å²) in [5.74, 6) is 0. The highest BCUT2D eigenvalue weighted by Crippen LogP contribution is 2.32. The average Bonchev–Trinajstić information content (AvgIpc) is 2.78. The third-order valence-electron chi connectivity index (χ3n) is 5.82. The number of hydrogen-bond donors (Lipinski definition) is 0. The lowest BCUT2D eigenvalue weighted by Crippen LogP contribution is -2.06. The lowest BCUT2D eigenvalue weighted by Gasteiger charge is -2.13. The van der Waals surface area contributed by atoms with E-state index in [1.165, 1.54) is 12.1 Å². The molecule has 0 atom stereocenters. The quantitative estimate of drug-likeness (QED) is 0.265. The van der Waals surface area contributed by atoms with Crippen LogP contribution in [-0.2, 0) is 19.7 Å². The Morgan fingerprint density at radius 1 is 0.486 bits per heavy atom. The van der Waals surface area contributed by atoms with Gasteiger partial charge in [0.1, 0.15) is 0 Å². The molecule has 8 heteroatoms. The molecule has 0 heterocycles. The van der Waals surface area contributed by atoms with Crippen molar-refractivity contribution in [3.05, 3.63) is 106 Å². The summed E-state index contributed by atoms with van der Waals surface area (Å²) in [4.78, 5) is 0.798. The Labute approximate surface area is 216 Å². The summed E-state index contributed by atoms with van der Waals surface area (Å²) in [7, 11) is -7.43. The first-order valence-corrected chi connectivity index (χ1v) is 14.4. The maximum Gasteiger partial charge on any atom is 0.207 e. The van der Waals surface area contributed by atoms with Gasteiger partial charge in [0.2, 0.25) is 19.7 Å². The molecule has 4 rings (SSSR count). The molecule has 0 saturated carbocycles. The van der Waals surface area contributed by atoms with Crippen LogP contribution in [0.25, 0.3) is 11.1 Å². The van der Waals surface area contributed by atoms with E-state index in [0.717, 1.165) is 11.1 Å². The Kier molecular flexibility index (Phi) is 6.86. The zero-order valence-electron chi connectivity index (χ0n) is 19.2. The lowest BCUT2D eigenvalue weighted by atomic mass is 10.0. The van der Waals surface area contributed by atoms with Crippen LogP contribution < -0.4 is 0 Å². The summed E-state index contributed by atoms with van der Waals surface area (Å²) < 4.78 is 52.7. The van der Waals surface area contributed by atoms with Gasteiger partial charge in [0.25, 0.3) is 0 Å². The molecule has 0 radical (unpaired) electrons. The fraction of sp³-hybridized carbons (Fsp3) is 0.111. The molecule has 0 bridgehead atoms. The molecule has 0 aliphatic carbocycles. The average molecular weight is 546 g/mol. The molecule has 4 nitrogen and oxygen atoms in total. The number of hydrogen-bond acceptors (Lipinski definition) is 4. The Morgan fingerprint density at radius 3 is 1.34 bits per heavy atom. The molecule has 0 fully saturated rings. The maximum absolute atomic E-state index is 13.3. The Hall–Kier alpha value is -2.64. The molecular weight excluding hydrogens is 523 g/mol. The van der Waals surface area contributed by atoms with Crippen molar-refractivity contribution >= 4 is 42.9 Å². The van der Waals surface area contributed by atoms with Crippen molar-refractivity contribution in [2.75, 3.05) is 0 Å². The van der Waals surface area contributed by atoms with Crippen LogP contribution in [0.4, 0.5) is 0 Å². The van der Waals surface area contributed by atoms with E-state index in [1.54, 1.807) is 87.5 Å². The Balaban J connectivity index is 1.68. The zero-order valence-corrected chi connectivity index (χ0v) is 22.4. The van der Waals surface area contributed by atoms with Crippen molar-refractivity contribution in [3.8, 4) is 11.1 Å². The van der Waals surface area contributed by atoms with Gasteiger partial charge in [0.15, 0.2) is 0 Å². The highest BCUT2D eigenvalue weighted by atomic mass is 35.5. The summed E-state index contributed by atoms with van der Waals surface area (Å²) in [6, 6.07) is 21.0. The van der Waals surface area contributed by atoms with Gasteiger partial charge in [-0.25, -0.2) is 16.8 Å². The first kappa shape index (κ1) is 25.5.